The Morgan fingerprint density at radius 2 is 2.05 bits per heavy atom. The molecule has 1 heterocycles. The lowest BCUT2D eigenvalue weighted by atomic mass is 10.0. The lowest BCUT2D eigenvalue weighted by Crippen LogP contribution is -2.17. The van der Waals surface area contributed by atoms with Crippen LogP contribution in [-0.4, -0.2) is 9.55 Å². The van der Waals surface area contributed by atoms with Crippen molar-refractivity contribution in [2.75, 3.05) is 0 Å². The van der Waals surface area contributed by atoms with Gasteiger partial charge in [0.05, 0.1) is 5.56 Å². The van der Waals surface area contributed by atoms with E-state index in [4.69, 9.17) is 5.73 Å². The largest absolute Gasteiger partial charge is 0.419 e. The van der Waals surface area contributed by atoms with Crippen LogP contribution in [0, 0.1) is 5.82 Å². The van der Waals surface area contributed by atoms with E-state index in [2.05, 4.69) is 4.98 Å². The third-order valence-electron chi connectivity index (χ3n) is 3.05. The van der Waals surface area contributed by atoms with E-state index in [-0.39, 0.29) is 12.0 Å². The van der Waals surface area contributed by atoms with Crippen molar-refractivity contribution in [3.8, 4) is 0 Å². The van der Waals surface area contributed by atoms with Gasteiger partial charge < -0.3 is 10.3 Å². The van der Waals surface area contributed by atoms with E-state index in [1.807, 2.05) is 0 Å². The molecule has 2 rings (SSSR count). The van der Waals surface area contributed by atoms with E-state index in [0.717, 1.165) is 12.1 Å². The number of hydrogen-bond donors (Lipinski definition) is 1. The van der Waals surface area contributed by atoms with Gasteiger partial charge in [0.15, 0.2) is 0 Å². The van der Waals surface area contributed by atoms with Crippen LogP contribution in [0.1, 0.15) is 23.0 Å². The van der Waals surface area contributed by atoms with Crippen molar-refractivity contribution < 1.29 is 17.6 Å². The van der Waals surface area contributed by atoms with Crippen molar-refractivity contribution in [3.63, 3.8) is 0 Å². The maximum atomic E-state index is 13.2. The van der Waals surface area contributed by atoms with Crippen LogP contribution in [0.4, 0.5) is 17.6 Å². The first-order chi connectivity index (χ1) is 9.29. The van der Waals surface area contributed by atoms with E-state index >= 15 is 0 Å². The summed E-state index contributed by atoms with van der Waals surface area (Å²) in [6, 6.07) is 2.12. The molecule has 0 bridgehead atoms. The molecule has 0 saturated heterocycles. The number of halogens is 4. The van der Waals surface area contributed by atoms with Crippen LogP contribution in [-0.2, 0) is 19.6 Å². The third kappa shape index (κ3) is 2.98. The lowest BCUT2D eigenvalue weighted by molar-refractivity contribution is -0.140. The molecule has 0 amide bonds. The highest BCUT2D eigenvalue weighted by Gasteiger charge is 2.34. The molecule has 2 aromatic rings. The molecule has 0 aliphatic rings. The molecule has 0 saturated carbocycles. The fourth-order valence-electron chi connectivity index (χ4n) is 1.90. The first-order valence-corrected chi connectivity index (χ1v) is 5.87. The Kier molecular flexibility index (Phi) is 3.80. The summed E-state index contributed by atoms with van der Waals surface area (Å²) in [5.41, 5.74) is 4.80. The van der Waals surface area contributed by atoms with E-state index < -0.39 is 23.6 Å². The van der Waals surface area contributed by atoms with Gasteiger partial charge in [-0.3, -0.25) is 0 Å². The van der Waals surface area contributed by atoms with Crippen molar-refractivity contribution in [1.82, 2.24) is 9.55 Å². The average molecular weight is 287 g/mol. The number of imidazole rings is 1. The molecule has 0 spiro atoms. The Hall–Kier alpha value is -1.89. The van der Waals surface area contributed by atoms with Gasteiger partial charge in [-0.05, 0) is 17.7 Å². The van der Waals surface area contributed by atoms with E-state index in [1.54, 1.807) is 24.0 Å². The number of nitrogens with zero attached hydrogens (tertiary/aromatic N) is 2. The molecule has 2 N–H and O–H groups in total. The second-order valence-electron chi connectivity index (χ2n) is 4.50. The van der Waals surface area contributed by atoms with Gasteiger partial charge >= 0.3 is 6.18 Å². The summed E-state index contributed by atoms with van der Waals surface area (Å²) in [6.07, 6.45) is -1.17. The van der Waals surface area contributed by atoms with Crippen molar-refractivity contribution in [3.05, 3.63) is 53.4 Å². The van der Waals surface area contributed by atoms with Crippen molar-refractivity contribution >= 4 is 0 Å². The fraction of sp³-hybridized carbons (Fsp3) is 0.308. The standard InChI is InChI=1S/C13H13F4N3/c1-20-5-4-19-12(20)7-11(18)8-2-3-10(14)9(6-8)13(15,16)17/h2-6,11H,7,18H2,1H3. The molecule has 1 aromatic carbocycles. The van der Waals surface area contributed by atoms with Crippen LogP contribution in [0.3, 0.4) is 0 Å². The van der Waals surface area contributed by atoms with Crippen LogP contribution < -0.4 is 5.73 Å². The minimum Gasteiger partial charge on any atom is -0.338 e. The summed E-state index contributed by atoms with van der Waals surface area (Å²) in [6.45, 7) is 0. The number of nitrogens with two attached hydrogens (primary N) is 1. The van der Waals surface area contributed by atoms with Crippen LogP contribution >= 0.6 is 0 Å². The molecule has 7 heteroatoms. The summed E-state index contributed by atoms with van der Waals surface area (Å²) in [7, 11) is 1.76. The molecule has 1 aromatic heterocycles. The molecule has 0 radical (unpaired) electrons. The van der Waals surface area contributed by atoms with Crippen molar-refractivity contribution in [1.29, 1.82) is 0 Å². The van der Waals surface area contributed by atoms with Crippen LogP contribution in [0.25, 0.3) is 0 Å². The first-order valence-electron chi connectivity index (χ1n) is 5.87. The van der Waals surface area contributed by atoms with Gasteiger partial charge in [-0.2, -0.15) is 13.2 Å². The minimum absolute atomic E-state index is 0.224. The van der Waals surface area contributed by atoms with E-state index in [1.165, 1.54) is 6.07 Å². The van der Waals surface area contributed by atoms with E-state index in [9.17, 15) is 17.6 Å². The highest BCUT2D eigenvalue weighted by atomic mass is 19.4. The van der Waals surface area contributed by atoms with Gasteiger partial charge in [-0.1, -0.05) is 6.07 Å². The lowest BCUT2D eigenvalue weighted by Gasteiger charge is -2.15. The Labute approximate surface area is 113 Å². The summed E-state index contributed by atoms with van der Waals surface area (Å²) in [5.74, 6) is -0.652. The first kappa shape index (κ1) is 14.5. The quantitative estimate of drug-likeness (QED) is 0.882. The number of aryl methyl sites for hydroxylation is 1. The smallest absolute Gasteiger partial charge is 0.338 e. The predicted molar refractivity (Wildman–Crippen MR) is 65.2 cm³/mol. The predicted octanol–water partition coefficient (Wildman–Crippen LogP) is 2.82. The molecule has 1 unspecified atom stereocenters. The zero-order chi connectivity index (χ0) is 14.9. The van der Waals surface area contributed by atoms with Gasteiger partial charge in [0.1, 0.15) is 11.6 Å². The summed E-state index contributed by atoms with van der Waals surface area (Å²) in [5, 5.41) is 0. The third-order valence-corrected chi connectivity index (χ3v) is 3.05. The van der Waals surface area contributed by atoms with Crippen molar-refractivity contribution in [2.24, 2.45) is 12.8 Å². The molecule has 108 valence electrons. The van der Waals surface area contributed by atoms with Crippen LogP contribution in [0.2, 0.25) is 0 Å². The molecule has 20 heavy (non-hydrogen) atoms. The second-order valence-corrected chi connectivity index (χ2v) is 4.50. The Morgan fingerprint density at radius 3 is 2.60 bits per heavy atom. The van der Waals surface area contributed by atoms with Gasteiger partial charge in [0, 0.05) is 31.9 Å². The number of rotatable bonds is 3. The Morgan fingerprint density at radius 1 is 1.35 bits per heavy atom. The van der Waals surface area contributed by atoms with Gasteiger partial charge in [0.25, 0.3) is 0 Å². The second kappa shape index (κ2) is 5.24. The maximum absolute atomic E-state index is 13.2. The van der Waals surface area contributed by atoms with Gasteiger partial charge in [0.2, 0.25) is 0 Å². The normalized spacial score (nSPS) is 13.5. The Balaban J connectivity index is 2.27. The van der Waals surface area contributed by atoms with Crippen LogP contribution in [0.5, 0.6) is 0 Å². The minimum atomic E-state index is -4.73. The molecule has 1 atom stereocenters. The molecule has 0 aliphatic carbocycles. The fourth-order valence-corrected chi connectivity index (χ4v) is 1.90. The van der Waals surface area contributed by atoms with Gasteiger partial charge in [-0.25, -0.2) is 9.37 Å². The maximum Gasteiger partial charge on any atom is 0.419 e. The zero-order valence-electron chi connectivity index (χ0n) is 10.7. The number of hydrogen-bond acceptors (Lipinski definition) is 2. The molecular weight excluding hydrogens is 274 g/mol. The number of alkyl halides is 3. The highest BCUT2D eigenvalue weighted by Crippen LogP contribution is 2.33. The molecular formula is C13H13F4N3. The highest BCUT2D eigenvalue weighted by molar-refractivity contribution is 5.29. The van der Waals surface area contributed by atoms with Crippen molar-refractivity contribution in [2.45, 2.75) is 18.6 Å². The summed E-state index contributed by atoms with van der Waals surface area (Å²) in [4.78, 5) is 4.06. The zero-order valence-corrected chi connectivity index (χ0v) is 10.7. The monoisotopic (exact) mass is 287 g/mol. The molecule has 0 aliphatic heterocycles. The molecule has 3 nitrogen and oxygen atoms in total. The summed E-state index contributed by atoms with van der Waals surface area (Å²) >= 11 is 0. The van der Waals surface area contributed by atoms with Gasteiger partial charge in [-0.15, -0.1) is 0 Å². The Bertz CT molecular complexity index is 604. The number of benzene rings is 1. The SMILES string of the molecule is Cn1ccnc1CC(N)c1ccc(F)c(C(F)(F)F)c1. The topological polar surface area (TPSA) is 43.8 Å². The molecule has 0 fully saturated rings. The van der Waals surface area contributed by atoms with E-state index in [0.29, 0.717) is 5.82 Å². The summed E-state index contributed by atoms with van der Waals surface area (Å²) < 4.78 is 52.8. The number of aromatic nitrogens is 2. The average Bonchev–Trinajstić information content (AvgIpc) is 2.74. The van der Waals surface area contributed by atoms with Crippen LogP contribution in [0.15, 0.2) is 30.6 Å².